The average Bonchev–Trinajstić information content (AvgIpc) is 3.16. The van der Waals surface area contributed by atoms with Crippen LogP contribution in [0.2, 0.25) is 0 Å². The summed E-state index contributed by atoms with van der Waals surface area (Å²) in [4.78, 5) is 14.5. The number of amides is 1. The fraction of sp³-hybridized carbons (Fsp3) is 0.846. The average molecular weight is 255 g/mol. The van der Waals surface area contributed by atoms with Crippen LogP contribution in [0.15, 0.2) is 5.16 Å². The summed E-state index contributed by atoms with van der Waals surface area (Å²) in [6, 6.07) is 0.135. The molecule has 104 valence electrons. The van der Waals surface area contributed by atoms with Gasteiger partial charge in [-0.15, -0.1) is 0 Å². The molecule has 1 saturated carbocycles. The summed E-state index contributed by atoms with van der Waals surface area (Å²) in [5, 5.41) is 11.9. The zero-order chi connectivity index (χ0) is 13.9. The lowest BCUT2D eigenvalue weighted by Crippen LogP contribution is -2.52. The van der Waals surface area contributed by atoms with Crippen molar-refractivity contribution in [3.05, 3.63) is 0 Å². The molecule has 1 unspecified atom stereocenters. The number of carbonyl (C=O) groups is 1. The smallest absolute Gasteiger partial charge is 0.236 e. The van der Waals surface area contributed by atoms with Crippen LogP contribution in [0.5, 0.6) is 0 Å². The molecule has 5 heteroatoms. The van der Waals surface area contributed by atoms with Crippen molar-refractivity contribution < 1.29 is 10.0 Å². The molecule has 1 fully saturated rings. The van der Waals surface area contributed by atoms with Gasteiger partial charge in [0.2, 0.25) is 5.91 Å². The fourth-order valence-electron chi connectivity index (χ4n) is 1.98. The highest BCUT2D eigenvalue weighted by Gasteiger charge is 2.41. The van der Waals surface area contributed by atoms with Gasteiger partial charge in [-0.25, -0.2) is 0 Å². The summed E-state index contributed by atoms with van der Waals surface area (Å²) < 4.78 is 0. The van der Waals surface area contributed by atoms with Gasteiger partial charge in [0.1, 0.15) is 5.41 Å². The second-order valence-electron chi connectivity index (χ2n) is 5.67. The second-order valence-corrected chi connectivity index (χ2v) is 5.67. The summed E-state index contributed by atoms with van der Waals surface area (Å²) in [5.41, 5.74) is 4.79. The Labute approximate surface area is 109 Å². The van der Waals surface area contributed by atoms with Crippen molar-refractivity contribution in [1.82, 2.24) is 4.90 Å². The number of nitrogens with two attached hydrogens (primary N) is 1. The van der Waals surface area contributed by atoms with E-state index in [-0.39, 0.29) is 17.8 Å². The van der Waals surface area contributed by atoms with Gasteiger partial charge < -0.3 is 15.8 Å². The quantitative estimate of drug-likeness (QED) is 0.329. The number of amidine groups is 1. The van der Waals surface area contributed by atoms with Gasteiger partial charge in [-0.2, -0.15) is 0 Å². The summed E-state index contributed by atoms with van der Waals surface area (Å²) in [6.07, 6.45) is 2.92. The molecule has 0 heterocycles. The third kappa shape index (κ3) is 2.94. The molecule has 1 atom stereocenters. The third-order valence-electron chi connectivity index (χ3n) is 3.89. The van der Waals surface area contributed by atoms with Gasteiger partial charge in [-0.05, 0) is 46.0 Å². The predicted molar refractivity (Wildman–Crippen MR) is 71.4 cm³/mol. The molecule has 0 radical (unpaired) electrons. The predicted octanol–water partition coefficient (Wildman–Crippen LogP) is 1.80. The molecule has 0 aromatic heterocycles. The highest BCUT2D eigenvalue weighted by Crippen LogP contribution is 2.33. The summed E-state index contributed by atoms with van der Waals surface area (Å²) in [7, 11) is 0. The van der Waals surface area contributed by atoms with Crippen LogP contribution in [0.1, 0.15) is 47.0 Å². The van der Waals surface area contributed by atoms with E-state index < -0.39 is 5.41 Å². The maximum Gasteiger partial charge on any atom is 0.236 e. The number of nitrogens with zero attached hydrogens (tertiary/aromatic N) is 2. The Bertz CT molecular complexity index is 337. The third-order valence-corrected chi connectivity index (χ3v) is 3.89. The molecule has 1 amide bonds. The highest BCUT2D eigenvalue weighted by molar-refractivity contribution is 6.06. The molecule has 0 saturated heterocycles. The minimum Gasteiger partial charge on any atom is -0.409 e. The summed E-state index contributed by atoms with van der Waals surface area (Å²) >= 11 is 0. The first-order valence-corrected chi connectivity index (χ1v) is 6.65. The molecule has 0 spiro atoms. The fourth-order valence-corrected chi connectivity index (χ4v) is 1.98. The maximum atomic E-state index is 12.7. The van der Waals surface area contributed by atoms with Crippen LogP contribution in [-0.2, 0) is 4.79 Å². The standard InChI is InChI=1S/C13H25N3O2/c1-5-13(4,11(14)15-18)12(17)16(9(2)3)8-10-6-7-10/h9-10,18H,5-8H2,1-4H3,(H2,14,15). The van der Waals surface area contributed by atoms with Gasteiger partial charge in [0.25, 0.3) is 0 Å². The molecular weight excluding hydrogens is 230 g/mol. The van der Waals surface area contributed by atoms with Crippen molar-refractivity contribution in [3.8, 4) is 0 Å². The topological polar surface area (TPSA) is 78.9 Å². The molecule has 0 bridgehead atoms. The lowest BCUT2D eigenvalue weighted by molar-refractivity contribution is -0.140. The molecule has 18 heavy (non-hydrogen) atoms. The molecule has 0 aromatic rings. The first-order valence-electron chi connectivity index (χ1n) is 6.65. The zero-order valence-corrected chi connectivity index (χ0v) is 11.8. The Balaban J connectivity index is 2.91. The van der Waals surface area contributed by atoms with E-state index in [1.54, 1.807) is 6.92 Å². The highest BCUT2D eigenvalue weighted by atomic mass is 16.4. The van der Waals surface area contributed by atoms with Crippen molar-refractivity contribution in [1.29, 1.82) is 0 Å². The van der Waals surface area contributed by atoms with Crippen LogP contribution in [-0.4, -0.2) is 34.4 Å². The largest absolute Gasteiger partial charge is 0.409 e. The van der Waals surface area contributed by atoms with Crippen LogP contribution in [0.25, 0.3) is 0 Å². The van der Waals surface area contributed by atoms with Crippen molar-refractivity contribution >= 4 is 11.7 Å². The van der Waals surface area contributed by atoms with Crippen LogP contribution in [0.4, 0.5) is 0 Å². The first kappa shape index (κ1) is 14.8. The minimum atomic E-state index is -0.909. The van der Waals surface area contributed by atoms with E-state index >= 15 is 0 Å². The Morgan fingerprint density at radius 2 is 2.11 bits per heavy atom. The SMILES string of the molecule is CCC(C)(C(=O)N(CC1CC1)C(C)C)C(N)=NO. The number of carbonyl (C=O) groups excluding carboxylic acids is 1. The van der Waals surface area contributed by atoms with E-state index in [0.717, 1.165) is 6.54 Å². The Kier molecular flexibility index (Phi) is 4.59. The lowest BCUT2D eigenvalue weighted by Gasteiger charge is -2.35. The lowest BCUT2D eigenvalue weighted by atomic mass is 9.84. The monoisotopic (exact) mass is 255 g/mol. The van der Waals surface area contributed by atoms with Crippen molar-refractivity contribution in [3.63, 3.8) is 0 Å². The summed E-state index contributed by atoms with van der Waals surface area (Å²) in [5.74, 6) is 0.586. The molecular formula is C13H25N3O2. The van der Waals surface area contributed by atoms with E-state index in [9.17, 15) is 4.79 Å². The normalized spacial score (nSPS) is 19.7. The van der Waals surface area contributed by atoms with Crippen LogP contribution >= 0.6 is 0 Å². The Morgan fingerprint density at radius 3 is 2.44 bits per heavy atom. The number of hydrogen-bond acceptors (Lipinski definition) is 3. The molecule has 0 aromatic carbocycles. The molecule has 1 aliphatic carbocycles. The van der Waals surface area contributed by atoms with Crippen molar-refractivity contribution in [2.75, 3.05) is 6.54 Å². The molecule has 0 aliphatic heterocycles. The molecule has 3 N–H and O–H groups in total. The van der Waals surface area contributed by atoms with E-state index in [1.807, 2.05) is 25.7 Å². The molecule has 1 aliphatic rings. The number of rotatable bonds is 6. The molecule has 5 nitrogen and oxygen atoms in total. The van der Waals surface area contributed by atoms with Gasteiger partial charge in [0, 0.05) is 12.6 Å². The zero-order valence-electron chi connectivity index (χ0n) is 11.8. The van der Waals surface area contributed by atoms with Crippen molar-refractivity contribution in [2.24, 2.45) is 22.2 Å². The van der Waals surface area contributed by atoms with E-state index in [2.05, 4.69) is 5.16 Å². The van der Waals surface area contributed by atoms with Gasteiger partial charge in [0.05, 0.1) is 0 Å². The Hall–Kier alpha value is -1.26. The minimum absolute atomic E-state index is 0.00329. The van der Waals surface area contributed by atoms with Gasteiger partial charge in [-0.1, -0.05) is 12.1 Å². The van der Waals surface area contributed by atoms with E-state index in [1.165, 1.54) is 12.8 Å². The second kappa shape index (κ2) is 5.59. The number of oxime groups is 1. The summed E-state index contributed by atoms with van der Waals surface area (Å²) in [6.45, 7) is 8.41. The van der Waals surface area contributed by atoms with Gasteiger partial charge in [0.15, 0.2) is 5.84 Å². The maximum absolute atomic E-state index is 12.7. The van der Waals surface area contributed by atoms with Crippen LogP contribution in [0.3, 0.4) is 0 Å². The van der Waals surface area contributed by atoms with Crippen LogP contribution < -0.4 is 5.73 Å². The Morgan fingerprint density at radius 1 is 1.56 bits per heavy atom. The van der Waals surface area contributed by atoms with Gasteiger partial charge in [-0.3, -0.25) is 4.79 Å². The van der Waals surface area contributed by atoms with Gasteiger partial charge >= 0.3 is 0 Å². The number of hydrogen-bond donors (Lipinski definition) is 2. The van der Waals surface area contributed by atoms with E-state index in [4.69, 9.17) is 10.9 Å². The molecule has 1 rings (SSSR count). The van der Waals surface area contributed by atoms with Crippen molar-refractivity contribution in [2.45, 2.75) is 53.0 Å². The van der Waals surface area contributed by atoms with E-state index in [0.29, 0.717) is 12.3 Å². The first-order chi connectivity index (χ1) is 8.36. The van der Waals surface area contributed by atoms with Crippen LogP contribution in [0, 0.1) is 11.3 Å².